The zero-order valence-corrected chi connectivity index (χ0v) is 12.6. The predicted octanol–water partition coefficient (Wildman–Crippen LogP) is 3.04. The average molecular weight is 285 g/mol. The highest BCUT2D eigenvalue weighted by Crippen LogP contribution is 2.23. The molecule has 112 valence electrons. The van der Waals surface area contributed by atoms with Crippen LogP contribution in [0.2, 0.25) is 0 Å². The number of rotatable bonds is 5. The minimum absolute atomic E-state index is 0.137. The van der Waals surface area contributed by atoms with Gasteiger partial charge in [-0.25, -0.2) is 0 Å². The van der Waals surface area contributed by atoms with E-state index < -0.39 is 0 Å². The topological polar surface area (TPSA) is 46.9 Å². The second kappa shape index (κ2) is 6.29. The zero-order valence-electron chi connectivity index (χ0n) is 12.6. The standard InChI is InChI=1S/C17H23N3O/c1-13-6-7-16-15(10-13)12-19-20(16)9-8-17(21)18-11-14-4-2-3-5-14/h6-7,10,12,14H,2-5,8-9,11H2,1H3,(H,18,21). The minimum Gasteiger partial charge on any atom is -0.356 e. The average Bonchev–Trinajstić information content (AvgIpc) is 3.12. The molecule has 0 saturated heterocycles. The molecule has 0 aliphatic heterocycles. The summed E-state index contributed by atoms with van der Waals surface area (Å²) < 4.78 is 1.92. The van der Waals surface area contributed by atoms with Gasteiger partial charge in [0.15, 0.2) is 0 Å². The van der Waals surface area contributed by atoms with E-state index in [2.05, 4.69) is 35.5 Å². The fraction of sp³-hybridized carbons (Fsp3) is 0.529. The molecule has 2 aromatic rings. The third-order valence-electron chi connectivity index (χ3n) is 4.41. The molecule has 1 amide bonds. The van der Waals surface area contributed by atoms with Gasteiger partial charge in [-0.3, -0.25) is 9.48 Å². The Balaban J connectivity index is 1.52. The molecule has 0 unspecified atom stereocenters. The Kier molecular flexibility index (Phi) is 4.23. The molecule has 1 N–H and O–H groups in total. The molecule has 0 radical (unpaired) electrons. The lowest BCUT2D eigenvalue weighted by molar-refractivity contribution is -0.121. The van der Waals surface area contributed by atoms with Crippen LogP contribution in [0.25, 0.3) is 10.9 Å². The van der Waals surface area contributed by atoms with Gasteiger partial charge in [0.1, 0.15) is 0 Å². The zero-order chi connectivity index (χ0) is 14.7. The Bertz CT molecular complexity index is 626. The number of carbonyl (C=O) groups is 1. The van der Waals surface area contributed by atoms with E-state index in [0.29, 0.717) is 18.9 Å². The van der Waals surface area contributed by atoms with Gasteiger partial charge in [-0.05, 0) is 37.8 Å². The van der Waals surface area contributed by atoms with Gasteiger partial charge in [-0.15, -0.1) is 0 Å². The second-order valence-corrected chi connectivity index (χ2v) is 6.13. The van der Waals surface area contributed by atoms with Gasteiger partial charge >= 0.3 is 0 Å². The summed E-state index contributed by atoms with van der Waals surface area (Å²) in [6.07, 6.45) is 7.54. The number of aryl methyl sites for hydroxylation is 2. The van der Waals surface area contributed by atoms with Crippen LogP contribution in [-0.4, -0.2) is 22.2 Å². The van der Waals surface area contributed by atoms with Crippen LogP contribution in [0.4, 0.5) is 0 Å². The molecule has 4 heteroatoms. The molecule has 1 aliphatic carbocycles. The van der Waals surface area contributed by atoms with Gasteiger partial charge in [0, 0.05) is 18.4 Å². The molecule has 21 heavy (non-hydrogen) atoms. The monoisotopic (exact) mass is 285 g/mol. The largest absolute Gasteiger partial charge is 0.356 e. The molecular weight excluding hydrogens is 262 g/mol. The Hall–Kier alpha value is -1.84. The Labute approximate surface area is 125 Å². The van der Waals surface area contributed by atoms with Crippen molar-refractivity contribution in [2.24, 2.45) is 5.92 Å². The smallest absolute Gasteiger partial charge is 0.221 e. The fourth-order valence-corrected chi connectivity index (χ4v) is 3.15. The summed E-state index contributed by atoms with van der Waals surface area (Å²) >= 11 is 0. The van der Waals surface area contributed by atoms with Crippen LogP contribution in [0.3, 0.4) is 0 Å². The highest BCUT2D eigenvalue weighted by atomic mass is 16.1. The molecule has 3 rings (SSSR count). The maximum Gasteiger partial charge on any atom is 0.221 e. The van der Waals surface area contributed by atoms with Gasteiger partial charge < -0.3 is 5.32 Å². The van der Waals surface area contributed by atoms with Crippen LogP contribution in [0.1, 0.15) is 37.7 Å². The van der Waals surface area contributed by atoms with E-state index in [9.17, 15) is 4.79 Å². The second-order valence-electron chi connectivity index (χ2n) is 6.13. The lowest BCUT2D eigenvalue weighted by Gasteiger charge is -2.10. The Morgan fingerprint density at radius 2 is 2.19 bits per heavy atom. The molecule has 1 aromatic heterocycles. The van der Waals surface area contributed by atoms with Crippen molar-refractivity contribution in [1.29, 1.82) is 0 Å². The van der Waals surface area contributed by atoms with E-state index in [-0.39, 0.29) is 5.91 Å². The lowest BCUT2D eigenvalue weighted by Crippen LogP contribution is -2.29. The predicted molar refractivity (Wildman–Crippen MR) is 84.1 cm³/mol. The summed E-state index contributed by atoms with van der Waals surface area (Å²) in [6.45, 7) is 3.56. The fourth-order valence-electron chi connectivity index (χ4n) is 3.15. The maximum atomic E-state index is 11.9. The van der Waals surface area contributed by atoms with E-state index in [1.807, 2.05) is 10.9 Å². The normalized spacial score (nSPS) is 15.7. The third kappa shape index (κ3) is 3.43. The summed E-state index contributed by atoms with van der Waals surface area (Å²) in [4.78, 5) is 11.9. The first kappa shape index (κ1) is 14.1. The molecule has 1 aliphatic rings. The van der Waals surface area contributed by atoms with E-state index in [1.165, 1.54) is 31.2 Å². The van der Waals surface area contributed by atoms with E-state index >= 15 is 0 Å². The van der Waals surface area contributed by atoms with Gasteiger partial charge in [0.25, 0.3) is 0 Å². The van der Waals surface area contributed by atoms with Crippen molar-refractivity contribution in [1.82, 2.24) is 15.1 Å². The van der Waals surface area contributed by atoms with Crippen LogP contribution in [0.15, 0.2) is 24.4 Å². The highest BCUT2D eigenvalue weighted by molar-refractivity contribution is 5.80. The highest BCUT2D eigenvalue weighted by Gasteiger charge is 2.15. The summed E-state index contributed by atoms with van der Waals surface area (Å²) in [5.74, 6) is 0.833. The first-order chi connectivity index (χ1) is 10.2. The third-order valence-corrected chi connectivity index (χ3v) is 4.41. The van der Waals surface area contributed by atoms with E-state index in [4.69, 9.17) is 0 Å². The van der Waals surface area contributed by atoms with Gasteiger partial charge in [0.2, 0.25) is 5.91 Å². The first-order valence-electron chi connectivity index (χ1n) is 7.91. The van der Waals surface area contributed by atoms with Crippen molar-refractivity contribution >= 4 is 16.8 Å². The van der Waals surface area contributed by atoms with E-state index in [1.54, 1.807) is 0 Å². The molecule has 0 atom stereocenters. The van der Waals surface area contributed by atoms with Gasteiger partial charge in [0.05, 0.1) is 18.3 Å². The number of carbonyl (C=O) groups excluding carboxylic acids is 1. The SMILES string of the molecule is Cc1ccc2c(cnn2CCC(=O)NCC2CCCC2)c1. The van der Waals surface area contributed by atoms with Crippen molar-refractivity contribution in [2.75, 3.05) is 6.54 Å². The summed E-state index contributed by atoms with van der Waals surface area (Å²) in [5, 5.41) is 8.59. The van der Waals surface area contributed by atoms with Crippen molar-refractivity contribution in [3.8, 4) is 0 Å². The number of fused-ring (bicyclic) bond motifs is 1. The molecule has 1 aromatic carbocycles. The number of aromatic nitrogens is 2. The van der Waals surface area contributed by atoms with Crippen molar-refractivity contribution in [3.63, 3.8) is 0 Å². The molecule has 0 bridgehead atoms. The molecule has 1 saturated carbocycles. The van der Waals surface area contributed by atoms with Crippen LogP contribution in [0, 0.1) is 12.8 Å². The number of amides is 1. The quantitative estimate of drug-likeness (QED) is 0.918. The minimum atomic E-state index is 0.137. The van der Waals surface area contributed by atoms with Crippen molar-refractivity contribution in [3.05, 3.63) is 30.0 Å². The Morgan fingerprint density at radius 3 is 3.00 bits per heavy atom. The summed E-state index contributed by atoms with van der Waals surface area (Å²) in [5.41, 5.74) is 2.33. The molecule has 1 heterocycles. The maximum absolute atomic E-state index is 11.9. The molecule has 4 nitrogen and oxygen atoms in total. The Morgan fingerprint density at radius 1 is 1.38 bits per heavy atom. The van der Waals surface area contributed by atoms with Crippen LogP contribution < -0.4 is 5.32 Å². The number of nitrogens with one attached hydrogen (secondary N) is 1. The number of hydrogen-bond acceptors (Lipinski definition) is 2. The van der Waals surface area contributed by atoms with Crippen molar-refractivity contribution in [2.45, 2.75) is 45.6 Å². The van der Waals surface area contributed by atoms with Crippen LogP contribution in [-0.2, 0) is 11.3 Å². The van der Waals surface area contributed by atoms with Crippen LogP contribution >= 0.6 is 0 Å². The molecule has 1 fully saturated rings. The summed E-state index contributed by atoms with van der Waals surface area (Å²) in [7, 11) is 0. The van der Waals surface area contributed by atoms with Gasteiger partial charge in [-0.1, -0.05) is 24.5 Å². The number of hydrogen-bond donors (Lipinski definition) is 1. The molecular formula is C17H23N3O. The van der Waals surface area contributed by atoms with Crippen LogP contribution in [0.5, 0.6) is 0 Å². The number of nitrogens with zero attached hydrogens (tertiary/aromatic N) is 2. The molecule has 0 spiro atoms. The van der Waals surface area contributed by atoms with E-state index in [0.717, 1.165) is 17.4 Å². The summed E-state index contributed by atoms with van der Waals surface area (Å²) in [6, 6.07) is 6.29. The van der Waals surface area contributed by atoms with Gasteiger partial charge in [-0.2, -0.15) is 5.10 Å². The number of benzene rings is 1. The first-order valence-corrected chi connectivity index (χ1v) is 7.91. The lowest BCUT2D eigenvalue weighted by atomic mass is 10.1. The van der Waals surface area contributed by atoms with Crippen molar-refractivity contribution < 1.29 is 4.79 Å².